The molecule has 1 N–H and O–H groups in total. The van der Waals surface area contributed by atoms with E-state index in [9.17, 15) is 5.11 Å². The van der Waals surface area contributed by atoms with Gasteiger partial charge in [-0.1, -0.05) is 6.92 Å². The first-order chi connectivity index (χ1) is 6.20. The molecular formula is C11H19NO. The lowest BCUT2D eigenvalue weighted by Gasteiger charge is -2.37. The number of hydrogen-bond donors (Lipinski definition) is 1. The minimum Gasteiger partial charge on any atom is -0.390 e. The van der Waals surface area contributed by atoms with Crippen LogP contribution in [0.2, 0.25) is 0 Å². The Kier molecular flexibility index (Phi) is 3.77. The van der Waals surface area contributed by atoms with Crippen molar-refractivity contribution in [2.45, 2.75) is 38.2 Å². The van der Waals surface area contributed by atoms with Crippen LogP contribution < -0.4 is 0 Å². The third kappa shape index (κ3) is 3.02. The standard InChI is InChI=1S/C11H19NO/c1-3-5-6-11(13)7-9-12(4-2)10-8-11/h1,13H,4-10H2,2H3. The average molecular weight is 181 g/mol. The zero-order valence-corrected chi connectivity index (χ0v) is 8.42. The molecule has 0 aliphatic carbocycles. The minimum absolute atomic E-state index is 0.474. The van der Waals surface area contributed by atoms with Gasteiger partial charge in [-0.05, 0) is 25.8 Å². The smallest absolute Gasteiger partial charge is 0.0681 e. The summed E-state index contributed by atoms with van der Waals surface area (Å²) in [6.45, 7) is 5.27. The van der Waals surface area contributed by atoms with Crippen LogP contribution in [0.15, 0.2) is 0 Å². The van der Waals surface area contributed by atoms with Gasteiger partial charge in [0.15, 0.2) is 0 Å². The number of rotatable bonds is 3. The summed E-state index contributed by atoms with van der Waals surface area (Å²) >= 11 is 0. The topological polar surface area (TPSA) is 23.5 Å². The van der Waals surface area contributed by atoms with Gasteiger partial charge < -0.3 is 10.0 Å². The highest BCUT2D eigenvalue weighted by molar-refractivity contribution is 4.92. The molecular weight excluding hydrogens is 162 g/mol. The Labute approximate surface area is 80.9 Å². The Bertz CT molecular complexity index is 187. The lowest BCUT2D eigenvalue weighted by molar-refractivity contribution is -0.0252. The fourth-order valence-corrected chi connectivity index (χ4v) is 1.84. The highest BCUT2D eigenvalue weighted by atomic mass is 16.3. The molecule has 1 aliphatic heterocycles. The number of aliphatic hydroxyl groups is 1. The largest absolute Gasteiger partial charge is 0.390 e. The van der Waals surface area contributed by atoms with Crippen LogP contribution in [0.25, 0.3) is 0 Å². The van der Waals surface area contributed by atoms with Gasteiger partial charge in [-0.25, -0.2) is 0 Å². The Hall–Kier alpha value is -0.520. The maximum Gasteiger partial charge on any atom is 0.0681 e. The predicted molar refractivity (Wildman–Crippen MR) is 54.4 cm³/mol. The van der Waals surface area contributed by atoms with Crippen LogP contribution >= 0.6 is 0 Å². The molecule has 1 rings (SSSR count). The van der Waals surface area contributed by atoms with E-state index in [4.69, 9.17) is 6.42 Å². The van der Waals surface area contributed by atoms with Crippen LogP contribution in [0, 0.1) is 12.3 Å². The fourth-order valence-electron chi connectivity index (χ4n) is 1.84. The van der Waals surface area contributed by atoms with E-state index in [0.717, 1.165) is 38.9 Å². The van der Waals surface area contributed by atoms with Gasteiger partial charge in [-0.2, -0.15) is 0 Å². The third-order valence-electron chi connectivity index (χ3n) is 2.97. The van der Waals surface area contributed by atoms with Gasteiger partial charge in [0, 0.05) is 19.5 Å². The molecule has 0 atom stereocenters. The third-order valence-corrected chi connectivity index (χ3v) is 2.97. The number of terminal acetylenes is 1. The van der Waals surface area contributed by atoms with Crippen molar-refractivity contribution in [3.63, 3.8) is 0 Å². The van der Waals surface area contributed by atoms with Crippen molar-refractivity contribution in [3.05, 3.63) is 0 Å². The van der Waals surface area contributed by atoms with E-state index in [-0.39, 0.29) is 0 Å². The van der Waals surface area contributed by atoms with Gasteiger partial charge in [0.2, 0.25) is 0 Å². The molecule has 1 heterocycles. The number of likely N-dealkylation sites (tertiary alicyclic amines) is 1. The summed E-state index contributed by atoms with van der Waals surface area (Å²) in [6, 6.07) is 0. The molecule has 0 saturated carbocycles. The Morgan fingerprint density at radius 3 is 2.54 bits per heavy atom. The predicted octanol–water partition coefficient (Wildman–Crippen LogP) is 1.25. The highest BCUT2D eigenvalue weighted by Gasteiger charge is 2.30. The van der Waals surface area contributed by atoms with E-state index in [1.54, 1.807) is 0 Å². The van der Waals surface area contributed by atoms with E-state index < -0.39 is 5.60 Å². The second-order valence-electron chi connectivity index (χ2n) is 3.86. The molecule has 2 nitrogen and oxygen atoms in total. The van der Waals surface area contributed by atoms with Crippen molar-refractivity contribution in [2.75, 3.05) is 19.6 Å². The maximum atomic E-state index is 10.1. The quantitative estimate of drug-likeness (QED) is 0.662. The molecule has 0 aromatic heterocycles. The molecule has 0 aromatic carbocycles. The van der Waals surface area contributed by atoms with E-state index in [1.807, 2.05) is 0 Å². The Morgan fingerprint density at radius 2 is 2.08 bits per heavy atom. The zero-order chi connectivity index (χ0) is 9.73. The molecule has 74 valence electrons. The first kappa shape index (κ1) is 10.6. The van der Waals surface area contributed by atoms with Crippen molar-refractivity contribution in [3.8, 4) is 12.3 Å². The monoisotopic (exact) mass is 181 g/mol. The van der Waals surface area contributed by atoms with Crippen molar-refractivity contribution in [1.29, 1.82) is 0 Å². The molecule has 0 bridgehead atoms. The molecule has 1 fully saturated rings. The normalized spacial score (nSPS) is 22.5. The van der Waals surface area contributed by atoms with Crippen molar-refractivity contribution in [2.24, 2.45) is 0 Å². The lowest BCUT2D eigenvalue weighted by Crippen LogP contribution is -2.44. The van der Waals surface area contributed by atoms with Crippen molar-refractivity contribution < 1.29 is 5.11 Å². The highest BCUT2D eigenvalue weighted by Crippen LogP contribution is 2.26. The van der Waals surface area contributed by atoms with Crippen molar-refractivity contribution >= 4 is 0 Å². The Morgan fingerprint density at radius 1 is 1.46 bits per heavy atom. The van der Waals surface area contributed by atoms with Gasteiger partial charge in [0.05, 0.1) is 5.60 Å². The second kappa shape index (κ2) is 4.64. The van der Waals surface area contributed by atoms with Crippen LogP contribution in [-0.4, -0.2) is 35.2 Å². The minimum atomic E-state index is -0.474. The van der Waals surface area contributed by atoms with E-state index in [1.165, 1.54) is 0 Å². The summed E-state index contributed by atoms with van der Waals surface area (Å²) in [5.74, 6) is 2.59. The molecule has 0 amide bonds. The molecule has 1 aliphatic rings. The van der Waals surface area contributed by atoms with Crippen LogP contribution in [0.3, 0.4) is 0 Å². The van der Waals surface area contributed by atoms with Gasteiger partial charge in [0.25, 0.3) is 0 Å². The van der Waals surface area contributed by atoms with Gasteiger partial charge in [-0.3, -0.25) is 0 Å². The summed E-state index contributed by atoms with van der Waals surface area (Å²) in [5.41, 5.74) is -0.474. The van der Waals surface area contributed by atoms with Gasteiger partial charge in [-0.15, -0.1) is 12.3 Å². The summed E-state index contributed by atoms with van der Waals surface area (Å²) in [4.78, 5) is 2.37. The molecule has 0 unspecified atom stereocenters. The van der Waals surface area contributed by atoms with E-state index >= 15 is 0 Å². The fraction of sp³-hybridized carbons (Fsp3) is 0.818. The SMILES string of the molecule is C#CCCC1(O)CCN(CC)CC1. The average Bonchev–Trinajstić information content (AvgIpc) is 2.16. The molecule has 2 heteroatoms. The van der Waals surface area contributed by atoms with Crippen LogP contribution in [0.5, 0.6) is 0 Å². The molecule has 0 aromatic rings. The molecule has 0 spiro atoms. The first-order valence-electron chi connectivity index (χ1n) is 5.08. The second-order valence-corrected chi connectivity index (χ2v) is 3.86. The van der Waals surface area contributed by atoms with Crippen LogP contribution in [0.4, 0.5) is 0 Å². The summed E-state index contributed by atoms with van der Waals surface area (Å²) in [5, 5.41) is 10.1. The lowest BCUT2D eigenvalue weighted by atomic mass is 9.87. The molecule has 1 saturated heterocycles. The van der Waals surface area contributed by atoms with Gasteiger partial charge in [0.1, 0.15) is 0 Å². The Balaban J connectivity index is 2.33. The number of piperidine rings is 1. The molecule has 0 radical (unpaired) electrons. The van der Waals surface area contributed by atoms with Crippen LogP contribution in [0.1, 0.15) is 32.6 Å². The molecule has 13 heavy (non-hydrogen) atoms. The van der Waals surface area contributed by atoms with Crippen molar-refractivity contribution in [1.82, 2.24) is 4.90 Å². The summed E-state index contributed by atoms with van der Waals surface area (Å²) in [7, 11) is 0. The zero-order valence-electron chi connectivity index (χ0n) is 8.42. The van der Waals surface area contributed by atoms with Crippen LogP contribution in [-0.2, 0) is 0 Å². The summed E-state index contributed by atoms with van der Waals surface area (Å²) in [6.07, 6.45) is 8.40. The van der Waals surface area contributed by atoms with E-state index in [2.05, 4.69) is 17.7 Å². The number of nitrogens with zero attached hydrogens (tertiary/aromatic N) is 1. The van der Waals surface area contributed by atoms with E-state index in [0.29, 0.717) is 6.42 Å². The number of hydrogen-bond acceptors (Lipinski definition) is 2. The van der Waals surface area contributed by atoms with Gasteiger partial charge >= 0.3 is 0 Å². The summed E-state index contributed by atoms with van der Waals surface area (Å²) < 4.78 is 0. The first-order valence-corrected chi connectivity index (χ1v) is 5.08. The maximum absolute atomic E-state index is 10.1.